The SMILES string of the molecule is Cc1nc(-c2cccc(NC(=O)CN3CCOCC3)c2)nc(Nc2ccc3[nH]ncc3c2)c1C. The number of fused-ring (bicyclic) bond motifs is 1. The van der Waals surface area contributed by atoms with Crippen LogP contribution >= 0.6 is 0 Å². The van der Waals surface area contributed by atoms with E-state index in [1.807, 2.05) is 56.3 Å². The van der Waals surface area contributed by atoms with Crippen molar-refractivity contribution in [1.82, 2.24) is 25.1 Å². The zero-order valence-corrected chi connectivity index (χ0v) is 19.3. The number of anilines is 3. The van der Waals surface area contributed by atoms with E-state index >= 15 is 0 Å². The molecule has 1 amide bonds. The average molecular weight is 458 g/mol. The van der Waals surface area contributed by atoms with Gasteiger partial charge in [-0.3, -0.25) is 14.8 Å². The Bertz CT molecular complexity index is 1330. The highest BCUT2D eigenvalue weighted by Gasteiger charge is 2.15. The molecule has 1 fully saturated rings. The monoisotopic (exact) mass is 457 g/mol. The number of hydrogen-bond donors (Lipinski definition) is 3. The summed E-state index contributed by atoms with van der Waals surface area (Å²) in [6.07, 6.45) is 1.79. The molecule has 34 heavy (non-hydrogen) atoms. The number of carbonyl (C=O) groups is 1. The summed E-state index contributed by atoms with van der Waals surface area (Å²) in [5.74, 6) is 1.29. The van der Waals surface area contributed by atoms with E-state index in [0.717, 1.165) is 58.0 Å². The normalized spacial score (nSPS) is 14.3. The van der Waals surface area contributed by atoms with Gasteiger partial charge in [-0.1, -0.05) is 12.1 Å². The van der Waals surface area contributed by atoms with Gasteiger partial charge < -0.3 is 15.4 Å². The Morgan fingerprint density at radius 2 is 1.94 bits per heavy atom. The van der Waals surface area contributed by atoms with Gasteiger partial charge in [-0.25, -0.2) is 9.97 Å². The van der Waals surface area contributed by atoms with Crippen molar-refractivity contribution in [3.63, 3.8) is 0 Å². The van der Waals surface area contributed by atoms with Crippen LogP contribution < -0.4 is 10.6 Å². The molecule has 9 nitrogen and oxygen atoms in total. The molecule has 174 valence electrons. The number of aromatic nitrogens is 4. The molecule has 1 saturated heterocycles. The fourth-order valence-electron chi connectivity index (χ4n) is 3.94. The number of ether oxygens (including phenoxy) is 1. The summed E-state index contributed by atoms with van der Waals surface area (Å²) in [5, 5.41) is 14.5. The molecule has 2 aromatic carbocycles. The Hall–Kier alpha value is -3.82. The van der Waals surface area contributed by atoms with Gasteiger partial charge in [-0.05, 0) is 44.2 Å². The fraction of sp³-hybridized carbons (Fsp3) is 0.280. The topological polar surface area (TPSA) is 108 Å². The summed E-state index contributed by atoms with van der Waals surface area (Å²) in [4.78, 5) is 24.1. The minimum Gasteiger partial charge on any atom is -0.379 e. The Kier molecular flexibility index (Phi) is 6.20. The van der Waals surface area contributed by atoms with Crippen molar-refractivity contribution in [1.29, 1.82) is 0 Å². The highest BCUT2D eigenvalue weighted by atomic mass is 16.5. The van der Waals surface area contributed by atoms with E-state index in [9.17, 15) is 4.79 Å². The van der Waals surface area contributed by atoms with Crippen molar-refractivity contribution in [3.8, 4) is 11.4 Å². The fourth-order valence-corrected chi connectivity index (χ4v) is 3.94. The van der Waals surface area contributed by atoms with Gasteiger partial charge in [0, 0.05) is 46.7 Å². The standard InChI is InChI=1S/C25H27N7O2/c1-16-17(2)27-25(30-24(16)29-21-6-7-22-19(13-21)14-26-31-22)18-4-3-5-20(12-18)28-23(33)15-32-8-10-34-11-9-32/h3-7,12-14H,8-11,15H2,1-2H3,(H,26,31)(H,28,33)(H,27,29,30). The molecule has 0 radical (unpaired) electrons. The third-order valence-electron chi connectivity index (χ3n) is 5.97. The van der Waals surface area contributed by atoms with Crippen LogP contribution in [-0.4, -0.2) is 63.8 Å². The molecule has 2 aromatic heterocycles. The van der Waals surface area contributed by atoms with Crippen molar-refractivity contribution in [2.45, 2.75) is 13.8 Å². The number of nitrogens with zero attached hydrogens (tertiary/aromatic N) is 4. The predicted octanol–water partition coefficient (Wildman–Crippen LogP) is 3.65. The van der Waals surface area contributed by atoms with Gasteiger partial charge in [0.05, 0.1) is 31.5 Å². The predicted molar refractivity (Wildman–Crippen MR) is 132 cm³/mol. The van der Waals surface area contributed by atoms with Crippen LogP contribution in [0.4, 0.5) is 17.2 Å². The maximum atomic E-state index is 12.5. The molecule has 0 unspecified atom stereocenters. The van der Waals surface area contributed by atoms with Gasteiger partial charge in [-0.15, -0.1) is 0 Å². The first-order valence-corrected chi connectivity index (χ1v) is 11.3. The van der Waals surface area contributed by atoms with Crippen molar-refractivity contribution in [2.75, 3.05) is 43.5 Å². The lowest BCUT2D eigenvalue weighted by molar-refractivity contribution is -0.118. The van der Waals surface area contributed by atoms with E-state index in [2.05, 4.69) is 25.7 Å². The van der Waals surface area contributed by atoms with E-state index in [1.165, 1.54) is 0 Å². The second-order valence-corrected chi connectivity index (χ2v) is 8.42. The Morgan fingerprint density at radius 1 is 1.09 bits per heavy atom. The molecule has 3 N–H and O–H groups in total. The molecule has 1 aliphatic heterocycles. The lowest BCUT2D eigenvalue weighted by Gasteiger charge is -2.25. The van der Waals surface area contributed by atoms with Crippen LogP contribution in [0.25, 0.3) is 22.3 Å². The van der Waals surface area contributed by atoms with E-state index in [-0.39, 0.29) is 5.91 Å². The molecule has 0 atom stereocenters. The zero-order chi connectivity index (χ0) is 23.5. The largest absolute Gasteiger partial charge is 0.379 e. The maximum absolute atomic E-state index is 12.5. The zero-order valence-electron chi connectivity index (χ0n) is 19.3. The Labute approximate surface area is 197 Å². The van der Waals surface area contributed by atoms with Crippen LogP contribution in [0.2, 0.25) is 0 Å². The Morgan fingerprint density at radius 3 is 2.79 bits per heavy atom. The lowest BCUT2D eigenvalue weighted by atomic mass is 10.1. The summed E-state index contributed by atoms with van der Waals surface area (Å²) in [6, 6.07) is 13.6. The number of H-pyrrole nitrogens is 1. The van der Waals surface area contributed by atoms with Gasteiger partial charge in [0.15, 0.2) is 5.82 Å². The summed E-state index contributed by atoms with van der Waals surface area (Å²) in [5.41, 5.74) is 5.32. The van der Waals surface area contributed by atoms with Crippen LogP contribution in [0, 0.1) is 13.8 Å². The van der Waals surface area contributed by atoms with Crippen molar-refractivity contribution in [2.24, 2.45) is 0 Å². The summed E-state index contributed by atoms with van der Waals surface area (Å²) >= 11 is 0. The Balaban J connectivity index is 1.35. The third-order valence-corrected chi connectivity index (χ3v) is 5.97. The van der Waals surface area contributed by atoms with E-state index in [4.69, 9.17) is 14.7 Å². The van der Waals surface area contributed by atoms with E-state index in [1.54, 1.807) is 6.20 Å². The van der Waals surface area contributed by atoms with Crippen LogP contribution in [0.1, 0.15) is 11.3 Å². The molecule has 0 bridgehead atoms. The second kappa shape index (κ2) is 9.58. The molecule has 0 aliphatic carbocycles. The van der Waals surface area contributed by atoms with E-state index in [0.29, 0.717) is 25.6 Å². The number of aromatic amines is 1. The smallest absolute Gasteiger partial charge is 0.238 e. The number of morpholine rings is 1. The highest BCUT2D eigenvalue weighted by molar-refractivity contribution is 5.92. The molecule has 0 saturated carbocycles. The van der Waals surface area contributed by atoms with Crippen molar-refractivity contribution < 1.29 is 9.53 Å². The average Bonchev–Trinajstić information content (AvgIpc) is 3.30. The number of amides is 1. The number of hydrogen-bond acceptors (Lipinski definition) is 7. The minimum atomic E-state index is -0.0444. The van der Waals surface area contributed by atoms with Crippen molar-refractivity contribution >= 4 is 34.0 Å². The van der Waals surface area contributed by atoms with Gasteiger partial charge in [0.25, 0.3) is 0 Å². The summed E-state index contributed by atoms with van der Waals surface area (Å²) < 4.78 is 5.35. The van der Waals surface area contributed by atoms with Gasteiger partial charge in [0.1, 0.15) is 5.82 Å². The maximum Gasteiger partial charge on any atom is 0.238 e. The van der Waals surface area contributed by atoms with Crippen LogP contribution in [0.5, 0.6) is 0 Å². The highest BCUT2D eigenvalue weighted by Crippen LogP contribution is 2.27. The van der Waals surface area contributed by atoms with Crippen LogP contribution in [0.15, 0.2) is 48.7 Å². The second-order valence-electron chi connectivity index (χ2n) is 8.42. The molecule has 5 rings (SSSR count). The molecular weight excluding hydrogens is 430 g/mol. The summed E-state index contributed by atoms with van der Waals surface area (Å²) in [7, 11) is 0. The first kappa shape index (κ1) is 22.0. The number of aryl methyl sites for hydroxylation is 1. The van der Waals surface area contributed by atoms with Gasteiger partial charge >= 0.3 is 0 Å². The summed E-state index contributed by atoms with van der Waals surface area (Å²) in [6.45, 7) is 7.20. The molecule has 0 spiro atoms. The number of benzene rings is 2. The molecule has 9 heteroatoms. The van der Waals surface area contributed by atoms with Crippen LogP contribution in [0.3, 0.4) is 0 Å². The van der Waals surface area contributed by atoms with Gasteiger partial charge in [0.2, 0.25) is 5.91 Å². The van der Waals surface area contributed by atoms with E-state index < -0.39 is 0 Å². The first-order valence-electron chi connectivity index (χ1n) is 11.3. The van der Waals surface area contributed by atoms with Crippen molar-refractivity contribution in [3.05, 3.63) is 59.9 Å². The molecule has 4 aromatic rings. The quantitative estimate of drug-likeness (QED) is 0.406. The first-order chi connectivity index (χ1) is 16.5. The third kappa shape index (κ3) is 4.90. The lowest BCUT2D eigenvalue weighted by Crippen LogP contribution is -2.41. The minimum absolute atomic E-state index is 0.0444. The molecule has 3 heterocycles. The molecular formula is C25H27N7O2. The number of nitrogens with one attached hydrogen (secondary N) is 3. The molecule has 1 aliphatic rings. The number of rotatable bonds is 6. The van der Waals surface area contributed by atoms with Gasteiger partial charge in [-0.2, -0.15) is 5.10 Å². The van der Waals surface area contributed by atoms with Crippen LogP contribution in [-0.2, 0) is 9.53 Å². The number of carbonyl (C=O) groups excluding carboxylic acids is 1.